The smallest absolute Gasteiger partial charge is 0.123 e. The van der Waals surface area contributed by atoms with E-state index >= 15 is 0 Å². The van der Waals surface area contributed by atoms with Gasteiger partial charge in [0.1, 0.15) is 0 Å². The van der Waals surface area contributed by atoms with E-state index in [9.17, 15) is 0 Å². The summed E-state index contributed by atoms with van der Waals surface area (Å²) >= 11 is 45.9. The van der Waals surface area contributed by atoms with Crippen LogP contribution >= 0.6 is 92.8 Å². The molecule has 0 radical (unpaired) electrons. The van der Waals surface area contributed by atoms with Crippen LogP contribution in [0.5, 0.6) is 0 Å². The van der Waals surface area contributed by atoms with E-state index in [0.717, 1.165) is 25.7 Å². The van der Waals surface area contributed by atoms with Crippen LogP contribution < -0.4 is 0 Å². The highest BCUT2D eigenvalue weighted by Crippen LogP contribution is 2.35. The van der Waals surface area contributed by atoms with Gasteiger partial charge in [0.25, 0.3) is 0 Å². The van der Waals surface area contributed by atoms with E-state index in [2.05, 4.69) is 0 Å². The van der Waals surface area contributed by atoms with Gasteiger partial charge in [-0.3, -0.25) is 0 Å². The summed E-state index contributed by atoms with van der Waals surface area (Å²) in [6, 6.07) is 0. The van der Waals surface area contributed by atoms with Crippen molar-refractivity contribution in [2.24, 2.45) is 0 Å². The molecule has 0 aliphatic rings. The molecule has 18 heavy (non-hydrogen) atoms. The second kappa shape index (κ2) is 9.36. The lowest BCUT2D eigenvalue weighted by molar-refractivity contribution is 0.580. The van der Waals surface area contributed by atoms with Gasteiger partial charge in [-0.25, -0.2) is 0 Å². The van der Waals surface area contributed by atoms with Gasteiger partial charge < -0.3 is 0 Å². The van der Waals surface area contributed by atoms with Crippen molar-refractivity contribution < 1.29 is 0 Å². The maximum atomic E-state index is 6.04. The summed E-state index contributed by atoms with van der Waals surface area (Å²) in [7, 11) is 0. The van der Waals surface area contributed by atoms with Crippen molar-refractivity contribution >= 4 is 92.8 Å². The van der Waals surface area contributed by atoms with E-state index in [1.165, 1.54) is 0 Å². The van der Waals surface area contributed by atoms with E-state index in [1.54, 1.807) is 0 Å². The lowest BCUT2D eigenvalue weighted by atomic mass is 10.1. The molecule has 0 spiro atoms. The molecular weight excluding hydrogens is 404 g/mol. The highest BCUT2D eigenvalue weighted by atomic mass is 35.6. The van der Waals surface area contributed by atoms with E-state index in [-0.39, 0.29) is 10.8 Å². The number of hydrogen-bond acceptors (Lipinski definition) is 0. The topological polar surface area (TPSA) is 0 Å². The molecule has 0 aromatic carbocycles. The van der Waals surface area contributed by atoms with Crippen LogP contribution in [0.3, 0.4) is 0 Å². The monoisotopic (exact) mass is 414 g/mol. The molecule has 0 aromatic heterocycles. The first kappa shape index (κ1) is 20.3. The first-order chi connectivity index (χ1) is 7.99. The van der Waals surface area contributed by atoms with E-state index in [0.29, 0.717) is 12.8 Å². The summed E-state index contributed by atoms with van der Waals surface area (Å²) in [6.07, 6.45) is 4.00. The minimum Gasteiger partial charge on any atom is -0.123 e. The zero-order valence-electron chi connectivity index (χ0n) is 9.42. The van der Waals surface area contributed by atoms with Crippen LogP contribution in [-0.4, -0.2) is 18.3 Å². The Kier molecular flexibility index (Phi) is 10.6. The van der Waals surface area contributed by atoms with Gasteiger partial charge in [-0.2, -0.15) is 0 Å². The second-order valence-corrected chi connectivity index (χ2v) is 10.4. The molecule has 0 aromatic rings. The van der Waals surface area contributed by atoms with Crippen molar-refractivity contribution in [2.75, 3.05) is 0 Å². The summed E-state index contributed by atoms with van der Waals surface area (Å²) < 4.78 is -2.59. The molecular formula is C10H14Cl8. The predicted molar refractivity (Wildman–Crippen MR) is 87.6 cm³/mol. The average molecular weight is 418 g/mol. The molecule has 0 aliphatic heterocycles. The van der Waals surface area contributed by atoms with Crippen LogP contribution in [-0.2, 0) is 0 Å². The Morgan fingerprint density at radius 3 is 1.11 bits per heavy atom. The molecule has 0 aliphatic carbocycles. The van der Waals surface area contributed by atoms with Crippen LogP contribution in [0.25, 0.3) is 0 Å². The fraction of sp³-hybridized carbons (Fsp3) is 1.00. The minimum atomic E-state index is -1.29. The van der Waals surface area contributed by atoms with E-state index < -0.39 is 7.59 Å². The van der Waals surface area contributed by atoms with Crippen LogP contribution in [0.4, 0.5) is 0 Å². The minimum absolute atomic E-state index is 0.153. The van der Waals surface area contributed by atoms with Crippen LogP contribution in [0.15, 0.2) is 0 Å². The van der Waals surface area contributed by atoms with Gasteiger partial charge in [-0.1, -0.05) is 82.4 Å². The fourth-order valence-electron chi connectivity index (χ4n) is 1.44. The van der Waals surface area contributed by atoms with Gasteiger partial charge in [0, 0.05) is 23.6 Å². The Morgan fingerprint density at radius 2 is 0.889 bits per heavy atom. The van der Waals surface area contributed by atoms with Crippen molar-refractivity contribution in [1.29, 1.82) is 0 Å². The summed E-state index contributed by atoms with van der Waals surface area (Å²) in [5.74, 6) is 0. The largest absolute Gasteiger partial charge is 0.192 e. The Labute approximate surface area is 148 Å². The fourth-order valence-corrected chi connectivity index (χ4v) is 3.80. The van der Waals surface area contributed by atoms with E-state index in [1.807, 2.05) is 0 Å². The summed E-state index contributed by atoms with van der Waals surface area (Å²) in [6.45, 7) is 0. The van der Waals surface area contributed by atoms with Crippen LogP contribution in [0.1, 0.15) is 38.5 Å². The van der Waals surface area contributed by atoms with Crippen molar-refractivity contribution in [2.45, 2.75) is 56.9 Å². The molecule has 110 valence electrons. The van der Waals surface area contributed by atoms with Crippen molar-refractivity contribution in [3.8, 4) is 0 Å². The van der Waals surface area contributed by atoms with Gasteiger partial charge in [-0.05, 0) is 12.8 Å². The highest BCUT2D eigenvalue weighted by molar-refractivity contribution is 6.68. The zero-order chi connectivity index (χ0) is 14.4. The lowest BCUT2D eigenvalue weighted by Crippen LogP contribution is -2.13. The van der Waals surface area contributed by atoms with Crippen molar-refractivity contribution in [3.63, 3.8) is 0 Å². The molecule has 0 fully saturated rings. The van der Waals surface area contributed by atoms with Gasteiger partial charge in [-0.15, -0.1) is 23.2 Å². The zero-order valence-corrected chi connectivity index (χ0v) is 15.5. The Hall–Kier alpha value is 2.32. The summed E-state index contributed by atoms with van der Waals surface area (Å²) in [4.78, 5) is 0. The first-order valence-corrected chi connectivity index (χ1v) is 8.55. The summed E-state index contributed by atoms with van der Waals surface area (Å²) in [5.41, 5.74) is 0. The Bertz CT molecular complexity index is 195. The highest BCUT2D eigenvalue weighted by Gasteiger charge is 2.25. The molecule has 0 nitrogen and oxygen atoms in total. The molecule has 8 heteroatoms. The average Bonchev–Trinajstić information content (AvgIpc) is 2.06. The summed E-state index contributed by atoms with van der Waals surface area (Å²) in [5, 5.41) is -0.307. The maximum absolute atomic E-state index is 6.04. The number of halogens is 8. The standard InChI is InChI=1S/C10H14Cl8/c11-7(5-9(13,14)15)3-1-2-4-8(12)6-10(16,17)18/h7-8H,1-6H2/t7-,8-/m0/s1. The van der Waals surface area contributed by atoms with Gasteiger partial charge in [0.05, 0.1) is 0 Å². The normalized spacial score (nSPS) is 16.7. The number of rotatable bonds is 7. The third-order valence-electron chi connectivity index (χ3n) is 2.19. The van der Waals surface area contributed by atoms with Gasteiger partial charge >= 0.3 is 0 Å². The molecule has 2 atom stereocenters. The molecule has 0 N–H and O–H groups in total. The molecule has 0 heterocycles. The number of alkyl halides is 8. The molecule has 0 rings (SSSR count). The molecule has 0 unspecified atom stereocenters. The maximum Gasteiger partial charge on any atom is 0.192 e. The number of hydrogen-bond donors (Lipinski definition) is 0. The lowest BCUT2D eigenvalue weighted by Gasteiger charge is -2.17. The van der Waals surface area contributed by atoms with Crippen molar-refractivity contribution in [1.82, 2.24) is 0 Å². The third kappa shape index (κ3) is 14.7. The molecule has 0 amide bonds. The second-order valence-electron chi connectivity index (χ2n) is 4.12. The molecule has 0 saturated heterocycles. The third-order valence-corrected chi connectivity index (χ3v) is 3.86. The number of unbranched alkanes of at least 4 members (excludes halogenated alkanes) is 1. The molecule has 0 saturated carbocycles. The SMILES string of the molecule is Cl[C@@H](CCCC[C@H](Cl)CC(Cl)(Cl)Cl)CC(Cl)(Cl)Cl. The van der Waals surface area contributed by atoms with Gasteiger partial charge in [0.15, 0.2) is 7.59 Å². The first-order valence-electron chi connectivity index (χ1n) is 5.41. The van der Waals surface area contributed by atoms with Crippen molar-refractivity contribution in [3.05, 3.63) is 0 Å². The quantitative estimate of drug-likeness (QED) is 0.301. The molecule has 0 bridgehead atoms. The predicted octanol–water partition coefficient (Wildman–Crippen LogP) is 7.28. The Morgan fingerprint density at radius 1 is 0.611 bits per heavy atom. The van der Waals surface area contributed by atoms with Crippen LogP contribution in [0.2, 0.25) is 0 Å². The van der Waals surface area contributed by atoms with Gasteiger partial charge in [0.2, 0.25) is 0 Å². The Balaban J connectivity index is 3.62. The van der Waals surface area contributed by atoms with Crippen LogP contribution in [0, 0.1) is 0 Å². The van der Waals surface area contributed by atoms with E-state index in [4.69, 9.17) is 92.8 Å².